The van der Waals surface area contributed by atoms with Crippen LogP contribution < -0.4 is 0 Å². The predicted molar refractivity (Wildman–Crippen MR) is 119 cm³/mol. The van der Waals surface area contributed by atoms with E-state index in [4.69, 9.17) is 0 Å². The van der Waals surface area contributed by atoms with Gasteiger partial charge in [0.1, 0.15) is 0 Å². The molecule has 0 atom stereocenters. The molecule has 0 N–H and O–H groups in total. The molecule has 0 fully saturated rings. The van der Waals surface area contributed by atoms with Crippen LogP contribution in [0.25, 0.3) is 22.8 Å². The van der Waals surface area contributed by atoms with Crippen LogP contribution >= 0.6 is 15.9 Å². The molecule has 130 valence electrons. The van der Waals surface area contributed by atoms with Gasteiger partial charge in [-0.15, -0.1) is 0 Å². The number of hydrogen-bond acceptors (Lipinski definition) is 0. The highest BCUT2D eigenvalue weighted by Crippen LogP contribution is 2.36. The zero-order valence-corrected chi connectivity index (χ0v) is 16.4. The van der Waals surface area contributed by atoms with Crippen LogP contribution in [0.15, 0.2) is 114 Å². The highest BCUT2D eigenvalue weighted by atomic mass is 79.9. The molecule has 0 spiro atoms. The minimum absolute atomic E-state index is 1.08. The fraction of sp³-hybridized carbons (Fsp3) is 0. The Hall–Kier alpha value is -2.90. The van der Waals surface area contributed by atoms with E-state index >= 15 is 0 Å². The maximum Gasteiger partial charge on any atom is 0.0181 e. The van der Waals surface area contributed by atoms with Gasteiger partial charge in [0.05, 0.1) is 0 Å². The molecule has 1 heteroatoms. The SMILES string of the molecule is Brc1ccc(-c2ccccc2)c(/C(=C\c2ccccc2)c2ccccc2)c1. The molecule has 0 bridgehead atoms. The lowest BCUT2D eigenvalue weighted by Gasteiger charge is -2.15. The molecule has 0 aliphatic rings. The van der Waals surface area contributed by atoms with E-state index in [1.165, 1.54) is 33.4 Å². The van der Waals surface area contributed by atoms with Gasteiger partial charge in [0.25, 0.3) is 0 Å². The Bertz CT molecular complexity index is 1050. The van der Waals surface area contributed by atoms with Gasteiger partial charge in [0, 0.05) is 4.47 Å². The molecule has 0 aliphatic heterocycles. The Morgan fingerprint density at radius 2 is 1.22 bits per heavy atom. The van der Waals surface area contributed by atoms with Crippen molar-refractivity contribution in [1.29, 1.82) is 0 Å². The van der Waals surface area contributed by atoms with Gasteiger partial charge in [0.15, 0.2) is 0 Å². The molecule has 0 heterocycles. The van der Waals surface area contributed by atoms with Crippen LogP contribution in [0, 0.1) is 0 Å². The second-order valence-electron chi connectivity index (χ2n) is 6.39. The average Bonchev–Trinajstić information content (AvgIpc) is 2.74. The Kier molecular flexibility index (Phi) is 5.32. The summed E-state index contributed by atoms with van der Waals surface area (Å²) in [4.78, 5) is 0. The van der Waals surface area contributed by atoms with Crippen molar-refractivity contribution in [3.63, 3.8) is 0 Å². The van der Waals surface area contributed by atoms with Gasteiger partial charge >= 0.3 is 0 Å². The summed E-state index contributed by atoms with van der Waals surface area (Å²) >= 11 is 3.67. The summed E-state index contributed by atoms with van der Waals surface area (Å²) in [5.41, 5.74) is 7.26. The van der Waals surface area contributed by atoms with Crippen LogP contribution in [0.3, 0.4) is 0 Å². The molecule has 0 nitrogen and oxygen atoms in total. The van der Waals surface area contributed by atoms with E-state index in [0.29, 0.717) is 0 Å². The number of hydrogen-bond donors (Lipinski definition) is 0. The number of halogens is 1. The maximum atomic E-state index is 3.67. The van der Waals surface area contributed by atoms with Crippen LogP contribution in [-0.2, 0) is 0 Å². The van der Waals surface area contributed by atoms with E-state index in [1.54, 1.807) is 0 Å². The first kappa shape index (κ1) is 17.5. The molecular formula is C26H19Br. The first-order valence-corrected chi connectivity index (χ1v) is 9.78. The van der Waals surface area contributed by atoms with Gasteiger partial charge < -0.3 is 0 Å². The minimum atomic E-state index is 1.08. The topological polar surface area (TPSA) is 0 Å². The zero-order valence-electron chi connectivity index (χ0n) is 14.8. The van der Waals surface area contributed by atoms with E-state index in [0.717, 1.165) is 4.47 Å². The molecule has 4 rings (SSSR count). The van der Waals surface area contributed by atoms with Crippen LogP contribution in [0.5, 0.6) is 0 Å². The van der Waals surface area contributed by atoms with Crippen molar-refractivity contribution in [2.45, 2.75) is 0 Å². The summed E-state index contributed by atoms with van der Waals surface area (Å²) in [6.07, 6.45) is 2.27. The fourth-order valence-electron chi connectivity index (χ4n) is 3.26. The number of benzene rings is 4. The Morgan fingerprint density at radius 1 is 0.630 bits per heavy atom. The van der Waals surface area contributed by atoms with Crippen LogP contribution in [0.1, 0.15) is 16.7 Å². The molecule has 0 aliphatic carbocycles. The van der Waals surface area contributed by atoms with Crippen molar-refractivity contribution in [1.82, 2.24) is 0 Å². The zero-order chi connectivity index (χ0) is 18.5. The molecule has 0 unspecified atom stereocenters. The van der Waals surface area contributed by atoms with E-state index in [-0.39, 0.29) is 0 Å². The van der Waals surface area contributed by atoms with Crippen molar-refractivity contribution in [2.24, 2.45) is 0 Å². The average molecular weight is 411 g/mol. The normalized spacial score (nSPS) is 11.4. The minimum Gasteiger partial charge on any atom is -0.0622 e. The summed E-state index contributed by atoms with van der Waals surface area (Å²) < 4.78 is 1.08. The Balaban J connectivity index is 1.96. The molecule has 0 aromatic heterocycles. The predicted octanol–water partition coefficient (Wildman–Crippen LogP) is 7.71. The van der Waals surface area contributed by atoms with Crippen molar-refractivity contribution >= 4 is 27.6 Å². The molecule has 27 heavy (non-hydrogen) atoms. The summed E-state index contributed by atoms with van der Waals surface area (Å²) in [5, 5.41) is 0. The lowest BCUT2D eigenvalue weighted by atomic mass is 9.89. The molecule has 4 aromatic rings. The summed E-state index contributed by atoms with van der Waals surface area (Å²) in [7, 11) is 0. The highest BCUT2D eigenvalue weighted by molar-refractivity contribution is 9.10. The second kappa shape index (κ2) is 8.20. The first-order valence-electron chi connectivity index (χ1n) is 8.99. The van der Waals surface area contributed by atoms with Gasteiger partial charge in [-0.25, -0.2) is 0 Å². The van der Waals surface area contributed by atoms with Gasteiger partial charge in [-0.2, -0.15) is 0 Å². The van der Waals surface area contributed by atoms with Crippen LogP contribution in [0.2, 0.25) is 0 Å². The van der Waals surface area contributed by atoms with E-state index < -0.39 is 0 Å². The largest absolute Gasteiger partial charge is 0.0622 e. The van der Waals surface area contributed by atoms with Gasteiger partial charge in [-0.05, 0) is 51.6 Å². The van der Waals surface area contributed by atoms with Gasteiger partial charge in [0.2, 0.25) is 0 Å². The molecule has 0 saturated carbocycles. The summed E-state index contributed by atoms with van der Waals surface area (Å²) in [6, 6.07) is 38.1. The van der Waals surface area contributed by atoms with Crippen molar-refractivity contribution in [2.75, 3.05) is 0 Å². The lowest BCUT2D eigenvalue weighted by Crippen LogP contribution is -1.93. The molecule has 0 saturated heterocycles. The van der Waals surface area contributed by atoms with Crippen molar-refractivity contribution in [3.8, 4) is 11.1 Å². The monoisotopic (exact) mass is 410 g/mol. The molecular weight excluding hydrogens is 392 g/mol. The Labute approximate surface area is 169 Å². The third-order valence-corrected chi connectivity index (χ3v) is 5.05. The highest BCUT2D eigenvalue weighted by Gasteiger charge is 2.12. The van der Waals surface area contributed by atoms with Crippen molar-refractivity contribution < 1.29 is 0 Å². The van der Waals surface area contributed by atoms with E-state index in [2.05, 4.69) is 125 Å². The molecule has 0 radical (unpaired) electrons. The fourth-order valence-corrected chi connectivity index (χ4v) is 3.62. The molecule has 4 aromatic carbocycles. The third-order valence-electron chi connectivity index (χ3n) is 4.55. The number of rotatable bonds is 4. The third kappa shape index (κ3) is 4.10. The Morgan fingerprint density at radius 3 is 1.89 bits per heavy atom. The standard InChI is InChI=1S/C26H19Br/c27-23-16-17-24(21-12-6-2-7-13-21)26(19-23)25(22-14-8-3-9-15-22)18-20-10-4-1-5-11-20/h1-19H/b25-18-. The smallest absolute Gasteiger partial charge is 0.0181 e. The first-order chi connectivity index (χ1) is 13.3. The van der Waals surface area contributed by atoms with E-state index in [1.807, 2.05) is 6.07 Å². The second-order valence-corrected chi connectivity index (χ2v) is 7.31. The van der Waals surface area contributed by atoms with E-state index in [9.17, 15) is 0 Å². The van der Waals surface area contributed by atoms with Crippen LogP contribution in [0.4, 0.5) is 0 Å². The van der Waals surface area contributed by atoms with Gasteiger partial charge in [-0.3, -0.25) is 0 Å². The summed E-state index contributed by atoms with van der Waals surface area (Å²) in [6.45, 7) is 0. The molecule has 0 amide bonds. The lowest BCUT2D eigenvalue weighted by molar-refractivity contribution is 1.51. The van der Waals surface area contributed by atoms with Crippen molar-refractivity contribution in [3.05, 3.63) is 130 Å². The van der Waals surface area contributed by atoms with Gasteiger partial charge in [-0.1, -0.05) is 113 Å². The van der Waals surface area contributed by atoms with Crippen LogP contribution in [-0.4, -0.2) is 0 Å². The summed E-state index contributed by atoms with van der Waals surface area (Å²) in [5.74, 6) is 0. The maximum absolute atomic E-state index is 3.67. The quantitative estimate of drug-likeness (QED) is 0.302.